The Balaban J connectivity index is 1.64. The lowest BCUT2D eigenvalue weighted by molar-refractivity contribution is -0.120. The molecule has 0 unspecified atom stereocenters. The third kappa shape index (κ3) is 2.96. The summed E-state index contributed by atoms with van der Waals surface area (Å²) in [5.41, 5.74) is 2.94. The van der Waals surface area contributed by atoms with E-state index in [0.29, 0.717) is 36.2 Å². The number of thiocarbonyl (C=S) groups is 1. The van der Waals surface area contributed by atoms with Crippen LogP contribution in [0.2, 0.25) is 0 Å². The van der Waals surface area contributed by atoms with Gasteiger partial charge in [-0.3, -0.25) is 9.69 Å². The summed E-state index contributed by atoms with van der Waals surface area (Å²) in [7, 11) is 3.23. The zero-order valence-corrected chi connectivity index (χ0v) is 16.9. The summed E-state index contributed by atoms with van der Waals surface area (Å²) in [6.07, 6.45) is 0.586. The van der Waals surface area contributed by atoms with Crippen LogP contribution in [0.25, 0.3) is 0 Å². The number of anilines is 1. The van der Waals surface area contributed by atoms with Gasteiger partial charge in [0.15, 0.2) is 16.6 Å². The second kappa shape index (κ2) is 7.31. The van der Waals surface area contributed by atoms with Crippen molar-refractivity contribution in [2.24, 2.45) is 0 Å². The topological polar surface area (TPSA) is 51.2 Å². The maximum Gasteiger partial charge on any atom is 0.256 e. The monoisotopic (exact) mass is 398 g/mol. The van der Waals surface area contributed by atoms with Crippen molar-refractivity contribution in [1.29, 1.82) is 0 Å². The highest BCUT2D eigenvalue weighted by Gasteiger charge is 2.45. The molecular formula is C21H22N2O4S. The van der Waals surface area contributed by atoms with E-state index in [9.17, 15) is 4.79 Å². The smallest absolute Gasteiger partial charge is 0.256 e. The predicted octanol–water partition coefficient (Wildman–Crippen LogP) is 3.16. The zero-order chi connectivity index (χ0) is 19.8. The van der Waals surface area contributed by atoms with Crippen molar-refractivity contribution in [3.05, 3.63) is 47.5 Å². The quantitative estimate of drug-likeness (QED) is 0.721. The number of rotatable bonds is 5. The number of carbonyl (C=O) groups excluding carboxylic acids is 1. The number of hydrogen-bond acceptors (Lipinski definition) is 5. The molecule has 2 aliphatic heterocycles. The Kier molecular flexibility index (Phi) is 4.85. The minimum atomic E-state index is -0.301. The SMILES string of the molecule is CCOc1ccc(N2C(=O)[C@H]3Cc4cc(OC)c(OC)cc4CN3C2=S)cc1. The second-order valence-electron chi connectivity index (χ2n) is 6.71. The van der Waals surface area contributed by atoms with Gasteiger partial charge in [0.2, 0.25) is 0 Å². The molecule has 7 heteroatoms. The fourth-order valence-electron chi connectivity index (χ4n) is 3.80. The first kappa shape index (κ1) is 18.6. The highest BCUT2D eigenvalue weighted by molar-refractivity contribution is 7.80. The standard InChI is InChI=1S/C21H22N2O4S/c1-4-27-16-7-5-15(6-8-16)23-20(24)17-9-13-10-18(25-2)19(26-3)11-14(13)12-22(17)21(23)28/h5-8,10-11,17H,4,9,12H2,1-3H3/t17-/m1/s1. The fraction of sp³-hybridized carbons (Fsp3) is 0.333. The number of methoxy groups -OCH3 is 2. The normalized spacial score (nSPS) is 18.0. The Bertz CT molecular complexity index is 878. The molecule has 1 amide bonds. The van der Waals surface area contributed by atoms with Crippen LogP contribution in [-0.2, 0) is 17.8 Å². The number of fused-ring (bicyclic) bond motifs is 2. The van der Waals surface area contributed by atoms with Crippen LogP contribution in [0.15, 0.2) is 36.4 Å². The number of hydrogen-bond donors (Lipinski definition) is 0. The molecule has 0 bridgehead atoms. The van der Waals surface area contributed by atoms with Gasteiger partial charge in [-0.15, -0.1) is 0 Å². The summed E-state index contributed by atoms with van der Waals surface area (Å²) >= 11 is 5.66. The average molecular weight is 398 g/mol. The van der Waals surface area contributed by atoms with E-state index in [1.165, 1.54) is 0 Å². The molecule has 1 atom stereocenters. The van der Waals surface area contributed by atoms with Gasteiger partial charge in [-0.25, -0.2) is 0 Å². The number of amides is 1. The van der Waals surface area contributed by atoms with E-state index in [-0.39, 0.29) is 11.9 Å². The van der Waals surface area contributed by atoms with E-state index in [2.05, 4.69) is 0 Å². The summed E-state index contributed by atoms with van der Waals surface area (Å²) in [4.78, 5) is 16.8. The minimum absolute atomic E-state index is 0.00500. The summed E-state index contributed by atoms with van der Waals surface area (Å²) in [5.74, 6) is 2.12. The molecule has 0 aromatic heterocycles. The molecule has 0 radical (unpaired) electrons. The van der Waals surface area contributed by atoms with Gasteiger partial charge in [0, 0.05) is 13.0 Å². The third-order valence-corrected chi connectivity index (χ3v) is 5.60. The molecule has 28 heavy (non-hydrogen) atoms. The molecule has 2 heterocycles. The molecule has 2 aliphatic rings. The van der Waals surface area contributed by atoms with E-state index in [1.54, 1.807) is 19.1 Å². The summed E-state index contributed by atoms with van der Waals surface area (Å²) in [6.45, 7) is 3.10. The first-order chi connectivity index (χ1) is 13.6. The second-order valence-corrected chi connectivity index (χ2v) is 7.07. The summed E-state index contributed by atoms with van der Waals surface area (Å²) in [5, 5.41) is 0.527. The van der Waals surface area contributed by atoms with Crippen molar-refractivity contribution < 1.29 is 19.0 Å². The van der Waals surface area contributed by atoms with Crippen LogP contribution in [0.5, 0.6) is 17.2 Å². The fourth-order valence-corrected chi connectivity index (χ4v) is 4.19. The molecule has 2 aromatic rings. The van der Waals surface area contributed by atoms with E-state index in [0.717, 1.165) is 22.6 Å². The third-order valence-electron chi connectivity index (χ3n) is 5.18. The average Bonchev–Trinajstić information content (AvgIpc) is 2.96. The van der Waals surface area contributed by atoms with Crippen LogP contribution in [0, 0.1) is 0 Å². The van der Waals surface area contributed by atoms with E-state index >= 15 is 0 Å². The van der Waals surface area contributed by atoms with Gasteiger partial charge < -0.3 is 19.1 Å². The molecule has 146 valence electrons. The van der Waals surface area contributed by atoms with E-state index in [4.69, 9.17) is 26.4 Å². The summed E-state index contributed by atoms with van der Waals surface area (Å²) < 4.78 is 16.3. The van der Waals surface area contributed by atoms with Crippen LogP contribution in [0.4, 0.5) is 5.69 Å². The van der Waals surface area contributed by atoms with Gasteiger partial charge in [0.25, 0.3) is 5.91 Å². The van der Waals surface area contributed by atoms with Crippen molar-refractivity contribution >= 4 is 28.9 Å². The van der Waals surface area contributed by atoms with Gasteiger partial charge in [-0.2, -0.15) is 0 Å². The lowest BCUT2D eigenvalue weighted by Gasteiger charge is -2.31. The Labute approximate surface area is 169 Å². The largest absolute Gasteiger partial charge is 0.494 e. The maximum absolute atomic E-state index is 13.2. The molecule has 0 saturated carbocycles. The Morgan fingerprint density at radius 1 is 1.07 bits per heavy atom. The molecule has 0 spiro atoms. The minimum Gasteiger partial charge on any atom is -0.494 e. The van der Waals surface area contributed by atoms with Crippen molar-refractivity contribution in [3.63, 3.8) is 0 Å². The molecule has 1 saturated heterocycles. The highest BCUT2D eigenvalue weighted by Crippen LogP contribution is 2.38. The molecule has 0 N–H and O–H groups in total. The Morgan fingerprint density at radius 2 is 1.71 bits per heavy atom. The first-order valence-electron chi connectivity index (χ1n) is 9.18. The van der Waals surface area contributed by atoms with Crippen molar-refractivity contribution in [2.45, 2.75) is 25.9 Å². The van der Waals surface area contributed by atoms with Crippen molar-refractivity contribution in [2.75, 3.05) is 25.7 Å². The van der Waals surface area contributed by atoms with Gasteiger partial charge in [-0.05, 0) is 66.7 Å². The number of benzene rings is 2. The Hall–Kier alpha value is -2.80. The summed E-state index contributed by atoms with van der Waals surface area (Å²) in [6, 6.07) is 11.1. The molecule has 1 fully saturated rings. The number of nitrogens with zero attached hydrogens (tertiary/aromatic N) is 2. The van der Waals surface area contributed by atoms with Gasteiger partial charge in [-0.1, -0.05) is 0 Å². The van der Waals surface area contributed by atoms with Crippen molar-refractivity contribution in [3.8, 4) is 17.2 Å². The number of ether oxygens (including phenoxy) is 3. The van der Waals surface area contributed by atoms with Crippen LogP contribution in [0.1, 0.15) is 18.1 Å². The van der Waals surface area contributed by atoms with Crippen LogP contribution in [0.3, 0.4) is 0 Å². The van der Waals surface area contributed by atoms with Crippen LogP contribution in [-0.4, -0.2) is 42.8 Å². The molecule has 2 aromatic carbocycles. The van der Waals surface area contributed by atoms with Crippen LogP contribution >= 0.6 is 12.2 Å². The molecule has 0 aliphatic carbocycles. The van der Waals surface area contributed by atoms with E-state index < -0.39 is 0 Å². The first-order valence-corrected chi connectivity index (χ1v) is 9.59. The maximum atomic E-state index is 13.2. The molecule has 6 nitrogen and oxygen atoms in total. The van der Waals surface area contributed by atoms with Crippen molar-refractivity contribution in [1.82, 2.24) is 4.90 Å². The Morgan fingerprint density at radius 3 is 2.32 bits per heavy atom. The molecule has 4 rings (SSSR count). The lowest BCUT2D eigenvalue weighted by atomic mass is 9.94. The van der Waals surface area contributed by atoms with Gasteiger partial charge in [0.05, 0.1) is 26.5 Å². The van der Waals surface area contributed by atoms with Gasteiger partial charge >= 0.3 is 0 Å². The zero-order valence-electron chi connectivity index (χ0n) is 16.1. The van der Waals surface area contributed by atoms with E-state index in [1.807, 2.05) is 48.2 Å². The molecular weight excluding hydrogens is 376 g/mol. The van der Waals surface area contributed by atoms with Crippen LogP contribution < -0.4 is 19.1 Å². The lowest BCUT2D eigenvalue weighted by Crippen LogP contribution is -2.40. The number of carbonyl (C=O) groups is 1. The predicted molar refractivity (Wildman–Crippen MR) is 110 cm³/mol. The highest BCUT2D eigenvalue weighted by atomic mass is 32.1. The van der Waals surface area contributed by atoms with Gasteiger partial charge in [0.1, 0.15) is 11.8 Å².